The van der Waals surface area contributed by atoms with Gasteiger partial charge in [0, 0.05) is 11.4 Å². The first-order chi connectivity index (χ1) is 7.00. The fraction of sp³-hybridized carbons (Fsp3) is 0.111. The van der Waals surface area contributed by atoms with Gasteiger partial charge in [0.25, 0.3) is 5.91 Å². The molecule has 1 aromatic rings. The first-order valence-corrected chi connectivity index (χ1v) is 5.20. The summed E-state index contributed by atoms with van der Waals surface area (Å²) in [5.41, 5.74) is 4.69. The molecular weight excluding hydrogens is 283 g/mol. The lowest BCUT2D eigenvalue weighted by molar-refractivity contribution is -0.119. The van der Waals surface area contributed by atoms with E-state index >= 15 is 0 Å². The number of hydrogen-bond donors (Lipinski definition) is 2. The first kappa shape index (κ1) is 12.0. The molecule has 0 spiro atoms. The van der Waals surface area contributed by atoms with Crippen LogP contribution in [-0.4, -0.2) is 11.8 Å². The lowest BCUT2D eigenvalue weighted by Crippen LogP contribution is -2.40. The molecule has 0 atom stereocenters. The molecule has 0 unspecified atom stereocenters. The summed E-state index contributed by atoms with van der Waals surface area (Å²) in [7, 11) is 0. The minimum Gasteiger partial charge on any atom is -0.274 e. The van der Waals surface area contributed by atoms with Crippen LogP contribution in [0.2, 0.25) is 5.02 Å². The van der Waals surface area contributed by atoms with E-state index in [4.69, 9.17) is 11.6 Å². The number of hydrazine groups is 1. The third-order valence-electron chi connectivity index (χ3n) is 1.53. The summed E-state index contributed by atoms with van der Waals surface area (Å²) in [5, 5.41) is 0.320. The van der Waals surface area contributed by atoms with E-state index in [0.29, 0.717) is 10.6 Å². The van der Waals surface area contributed by atoms with Crippen molar-refractivity contribution >= 4 is 39.3 Å². The topological polar surface area (TPSA) is 58.2 Å². The fourth-order valence-electron chi connectivity index (χ4n) is 0.884. The maximum absolute atomic E-state index is 11.5. The van der Waals surface area contributed by atoms with Gasteiger partial charge in [-0.2, -0.15) is 0 Å². The second-order valence-electron chi connectivity index (χ2n) is 2.76. The second kappa shape index (κ2) is 5.14. The SMILES string of the molecule is CC(=O)NNC(=O)c1cc(Br)ccc1Cl. The maximum atomic E-state index is 11.5. The van der Waals surface area contributed by atoms with Crippen LogP contribution in [0.1, 0.15) is 17.3 Å². The fourth-order valence-corrected chi connectivity index (χ4v) is 1.45. The largest absolute Gasteiger partial charge is 0.274 e. The molecule has 0 bridgehead atoms. The van der Waals surface area contributed by atoms with Crippen molar-refractivity contribution in [1.29, 1.82) is 0 Å². The highest BCUT2D eigenvalue weighted by molar-refractivity contribution is 9.10. The molecule has 2 amide bonds. The van der Waals surface area contributed by atoms with Crippen molar-refractivity contribution in [2.24, 2.45) is 0 Å². The summed E-state index contributed by atoms with van der Waals surface area (Å²) < 4.78 is 0.736. The molecule has 6 heteroatoms. The van der Waals surface area contributed by atoms with Crippen molar-refractivity contribution in [1.82, 2.24) is 10.9 Å². The van der Waals surface area contributed by atoms with Crippen LogP contribution in [0.3, 0.4) is 0 Å². The van der Waals surface area contributed by atoms with Gasteiger partial charge in [-0.25, -0.2) is 0 Å². The Kier molecular flexibility index (Phi) is 4.11. The molecule has 0 aliphatic carbocycles. The number of halogens is 2. The summed E-state index contributed by atoms with van der Waals surface area (Å²) in [4.78, 5) is 22.1. The van der Waals surface area contributed by atoms with Gasteiger partial charge < -0.3 is 0 Å². The van der Waals surface area contributed by atoms with Crippen molar-refractivity contribution < 1.29 is 9.59 Å². The molecule has 0 saturated carbocycles. The Labute approximate surface area is 100 Å². The van der Waals surface area contributed by atoms with Crippen LogP contribution in [-0.2, 0) is 4.79 Å². The molecule has 0 heterocycles. The van der Waals surface area contributed by atoms with Gasteiger partial charge in [-0.05, 0) is 18.2 Å². The van der Waals surface area contributed by atoms with E-state index in [-0.39, 0.29) is 5.91 Å². The highest BCUT2D eigenvalue weighted by Gasteiger charge is 2.10. The van der Waals surface area contributed by atoms with Crippen molar-refractivity contribution in [2.75, 3.05) is 0 Å². The van der Waals surface area contributed by atoms with Crippen LogP contribution in [0.25, 0.3) is 0 Å². The summed E-state index contributed by atoms with van der Waals surface area (Å²) in [6.45, 7) is 1.29. The molecular formula is C9H8BrClN2O2. The summed E-state index contributed by atoms with van der Waals surface area (Å²) in [6, 6.07) is 4.88. The molecule has 0 aliphatic rings. The van der Waals surface area contributed by atoms with Crippen LogP contribution in [0.15, 0.2) is 22.7 Å². The Morgan fingerprint density at radius 3 is 2.60 bits per heavy atom. The van der Waals surface area contributed by atoms with Gasteiger partial charge in [0.05, 0.1) is 10.6 Å². The minimum atomic E-state index is -0.462. The van der Waals surface area contributed by atoms with Gasteiger partial charge in [0.2, 0.25) is 5.91 Å². The Morgan fingerprint density at radius 1 is 1.33 bits per heavy atom. The molecule has 4 nitrogen and oxygen atoms in total. The van der Waals surface area contributed by atoms with Gasteiger partial charge in [-0.15, -0.1) is 0 Å². The van der Waals surface area contributed by atoms with Crippen LogP contribution in [0, 0.1) is 0 Å². The van der Waals surface area contributed by atoms with Crippen molar-refractivity contribution in [3.63, 3.8) is 0 Å². The number of amides is 2. The molecule has 0 saturated heterocycles. The molecule has 15 heavy (non-hydrogen) atoms. The number of hydrogen-bond acceptors (Lipinski definition) is 2. The lowest BCUT2D eigenvalue weighted by Gasteiger charge is -2.06. The lowest BCUT2D eigenvalue weighted by atomic mass is 10.2. The maximum Gasteiger partial charge on any atom is 0.271 e. The van der Waals surface area contributed by atoms with E-state index in [1.807, 2.05) is 0 Å². The number of rotatable bonds is 1. The number of nitrogens with one attached hydrogen (secondary N) is 2. The summed E-state index contributed by atoms with van der Waals surface area (Å²) >= 11 is 9.03. The van der Waals surface area contributed by atoms with E-state index < -0.39 is 5.91 Å². The van der Waals surface area contributed by atoms with Crippen molar-refractivity contribution in [3.05, 3.63) is 33.3 Å². The smallest absolute Gasteiger partial charge is 0.271 e. The molecule has 0 aliphatic heterocycles. The van der Waals surface area contributed by atoms with Gasteiger partial charge >= 0.3 is 0 Å². The van der Waals surface area contributed by atoms with Crippen LogP contribution >= 0.6 is 27.5 Å². The number of carbonyl (C=O) groups is 2. The van der Waals surface area contributed by atoms with Gasteiger partial charge in [0.15, 0.2) is 0 Å². The average Bonchev–Trinajstić information content (AvgIpc) is 2.18. The standard InChI is InChI=1S/C9H8BrClN2O2/c1-5(14)12-13-9(15)7-4-6(10)2-3-8(7)11/h2-4H,1H3,(H,12,14)(H,13,15). The highest BCUT2D eigenvalue weighted by atomic mass is 79.9. The molecule has 0 aromatic heterocycles. The van der Waals surface area contributed by atoms with E-state index in [1.165, 1.54) is 6.92 Å². The number of carbonyl (C=O) groups excluding carboxylic acids is 2. The Balaban J connectivity index is 2.81. The summed E-state index contributed by atoms with van der Waals surface area (Å²) in [6.07, 6.45) is 0. The highest BCUT2D eigenvalue weighted by Crippen LogP contribution is 2.20. The molecule has 0 fully saturated rings. The van der Waals surface area contributed by atoms with Gasteiger partial charge in [-0.1, -0.05) is 27.5 Å². The normalized spacial score (nSPS) is 9.53. The minimum absolute atomic E-state index is 0.291. The number of benzene rings is 1. The average molecular weight is 292 g/mol. The van der Waals surface area contributed by atoms with Crippen LogP contribution in [0.4, 0.5) is 0 Å². The van der Waals surface area contributed by atoms with Gasteiger partial charge in [0.1, 0.15) is 0 Å². The third kappa shape index (κ3) is 3.53. The molecule has 2 N–H and O–H groups in total. The predicted octanol–water partition coefficient (Wildman–Crippen LogP) is 1.88. The van der Waals surface area contributed by atoms with E-state index in [9.17, 15) is 9.59 Å². The third-order valence-corrected chi connectivity index (χ3v) is 2.35. The van der Waals surface area contributed by atoms with Crippen LogP contribution < -0.4 is 10.9 Å². The molecule has 1 rings (SSSR count). The van der Waals surface area contributed by atoms with Crippen molar-refractivity contribution in [3.8, 4) is 0 Å². The zero-order chi connectivity index (χ0) is 11.4. The van der Waals surface area contributed by atoms with E-state index in [1.54, 1.807) is 18.2 Å². The quantitative estimate of drug-likeness (QED) is 0.776. The Morgan fingerprint density at radius 2 is 2.00 bits per heavy atom. The Hall–Kier alpha value is -1.07. The zero-order valence-electron chi connectivity index (χ0n) is 7.80. The second-order valence-corrected chi connectivity index (χ2v) is 4.08. The predicted molar refractivity (Wildman–Crippen MR) is 60.4 cm³/mol. The van der Waals surface area contributed by atoms with Crippen LogP contribution in [0.5, 0.6) is 0 Å². The van der Waals surface area contributed by atoms with Crippen molar-refractivity contribution in [2.45, 2.75) is 6.92 Å². The molecule has 1 aromatic carbocycles. The first-order valence-electron chi connectivity index (χ1n) is 4.02. The molecule has 80 valence electrons. The van der Waals surface area contributed by atoms with Gasteiger partial charge in [-0.3, -0.25) is 20.4 Å². The Bertz CT molecular complexity index is 409. The monoisotopic (exact) mass is 290 g/mol. The molecule has 0 radical (unpaired) electrons. The summed E-state index contributed by atoms with van der Waals surface area (Å²) in [5.74, 6) is -0.814. The zero-order valence-corrected chi connectivity index (χ0v) is 10.1. The van der Waals surface area contributed by atoms with E-state index in [2.05, 4.69) is 26.8 Å². The van der Waals surface area contributed by atoms with E-state index in [0.717, 1.165) is 4.47 Å².